The summed E-state index contributed by atoms with van der Waals surface area (Å²) in [5.74, 6) is -18.8. The average Bonchev–Trinajstić information content (AvgIpc) is 1.96. The molecule has 0 saturated heterocycles. The molecule has 0 aromatic rings. The van der Waals surface area contributed by atoms with Gasteiger partial charge < -0.3 is 0 Å². The standard InChI is InChI=1S/C8H5F9/c9-5(10,4-2-1-3-4)6(11,12)7(13,14)8(15,16)17/h2H,1,3H2. The molecule has 0 bridgehead atoms. The third-order valence-electron chi connectivity index (χ3n) is 2.35. The molecule has 0 aromatic carbocycles. The molecule has 0 fully saturated rings. The van der Waals surface area contributed by atoms with Crippen LogP contribution in [0.25, 0.3) is 0 Å². The van der Waals surface area contributed by atoms with Gasteiger partial charge in [0, 0.05) is 5.57 Å². The fraction of sp³-hybridized carbons (Fsp3) is 0.750. The molecule has 0 atom stereocenters. The number of hydrogen-bond donors (Lipinski definition) is 0. The molecule has 0 aromatic heterocycles. The summed E-state index contributed by atoms with van der Waals surface area (Å²) >= 11 is 0. The lowest BCUT2D eigenvalue weighted by Crippen LogP contribution is -2.61. The highest BCUT2D eigenvalue weighted by molar-refractivity contribution is 5.26. The lowest BCUT2D eigenvalue weighted by molar-refractivity contribution is -0.390. The van der Waals surface area contributed by atoms with Gasteiger partial charge in [0.25, 0.3) is 0 Å². The van der Waals surface area contributed by atoms with E-state index in [1.807, 2.05) is 0 Å². The first kappa shape index (κ1) is 14.2. The average molecular weight is 272 g/mol. The molecule has 0 amide bonds. The van der Waals surface area contributed by atoms with Crippen LogP contribution >= 0.6 is 0 Å². The number of halogens is 9. The molecule has 1 rings (SSSR count). The summed E-state index contributed by atoms with van der Waals surface area (Å²) in [6.45, 7) is 0. The quantitative estimate of drug-likeness (QED) is 0.534. The van der Waals surface area contributed by atoms with Gasteiger partial charge in [-0.3, -0.25) is 0 Å². The predicted octanol–water partition coefficient (Wildman–Crippen LogP) is 4.17. The number of allylic oxidation sites excluding steroid dienone is 2. The minimum Gasteiger partial charge on any atom is -0.194 e. The van der Waals surface area contributed by atoms with Crippen LogP contribution in [0.3, 0.4) is 0 Å². The van der Waals surface area contributed by atoms with Crippen LogP contribution < -0.4 is 0 Å². The smallest absolute Gasteiger partial charge is 0.194 e. The molecule has 0 unspecified atom stereocenters. The fourth-order valence-corrected chi connectivity index (χ4v) is 1.15. The minimum absolute atomic E-state index is 0.0570. The molecule has 0 spiro atoms. The van der Waals surface area contributed by atoms with Crippen LogP contribution in [0, 0.1) is 0 Å². The second-order valence-corrected chi connectivity index (χ2v) is 3.49. The highest BCUT2D eigenvalue weighted by Crippen LogP contribution is 2.56. The molecule has 0 heterocycles. The molecule has 0 saturated carbocycles. The van der Waals surface area contributed by atoms with Gasteiger partial charge in [-0.05, 0) is 12.8 Å². The van der Waals surface area contributed by atoms with E-state index in [9.17, 15) is 39.5 Å². The summed E-state index contributed by atoms with van der Waals surface area (Å²) in [5, 5.41) is 0. The summed E-state index contributed by atoms with van der Waals surface area (Å²) in [6, 6.07) is 0. The van der Waals surface area contributed by atoms with Gasteiger partial charge in [0.15, 0.2) is 0 Å². The molecule has 0 N–H and O–H groups in total. The van der Waals surface area contributed by atoms with Crippen molar-refractivity contribution in [2.24, 2.45) is 0 Å². The van der Waals surface area contributed by atoms with Gasteiger partial charge in [-0.15, -0.1) is 0 Å². The molecule has 17 heavy (non-hydrogen) atoms. The van der Waals surface area contributed by atoms with Crippen LogP contribution in [-0.2, 0) is 0 Å². The van der Waals surface area contributed by atoms with Crippen molar-refractivity contribution < 1.29 is 39.5 Å². The number of hydrogen-bond acceptors (Lipinski definition) is 0. The Balaban J connectivity index is 3.18. The van der Waals surface area contributed by atoms with E-state index in [-0.39, 0.29) is 6.42 Å². The largest absolute Gasteiger partial charge is 0.460 e. The van der Waals surface area contributed by atoms with Crippen molar-refractivity contribution in [1.29, 1.82) is 0 Å². The van der Waals surface area contributed by atoms with Gasteiger partial charge in [-0.2, -0.15) is 39.5 Å². The van der Waals surface area contributed by atoms with Gasteiger partial charge in [-0.1, -0.05) is 6.08 Å². The van der Waals surface area contributed by atoms with Crippen molar-refractivity contribution in [3.8, 4) is 0 Å². The second kappa shape index (κ2) is 3.55. The summed E-state index contributed by atoms with van der Waals surface area (Å²) in [6.07, 6.45) is -6.92. The molecule has 100 valence electrons. The highest BCUT2D eigenvalue weighted by Gasteiger charge is 2.82. The lowest BCUT2D eigenvalue weighted by atomic mass is 9.87. The van der Waals surface area contributed by atoms with Gasteiger partial charge in [0.05, 0.1) is 0 Å². The first-order valence-corrected chi connectivity index (χ1v) is 4.25. The molecular formula is C8H5F9. The summed E-state index contributed by atoms with van der Waals surface area (Å²) in [4.78, 5) is 0. The predicted molar refractivity (Wildman–Crippen MR) is 38.2 cm³/mol. The highest BCUT2D eigenvalue weighted by atomic mass is 19.4. The third kappa shape index (κ3) is 1.79. The van der Waals surface area contributed by atoms with Crippen molar-refractivity contribution >= 4 is 0 Å². The molecule has 0 radical (unpaired) electrons. The Labute approximate surface area is 89.1 Å². The van der Waals surface area contributed by atoms with E-state index in [0.29, 0.717) is 6.08 Å². The molecule has 1 aliphatic carbocycles. The van der Waals surface area contributed by atoms with Crippen molar-refractivity contribution in [3.63, 3.8) is 0 Å². The van der Waals surface area contributed by atoms with Crippen LogP contribution in [0.4, 0.5) is 39.5 Å². The second-order valence-electron chi connectivity index (χ2n) is 3.49. The van der Waals surface area contributed by atoms with Gasteiger partial charge in [0.2, 0.25) is 0 Å². The molecule has 1 aliphatic rings. The molecular weight excluding hydrogens is 267 g/mol. The van der Waals surface area contributed by atoms with Crippen LogP contribution in [0.2, 0.25) is 0 Å². The van der Waals surface area contributed by atoms with Gasteiger partial charge in [-0.25, -0.2) is 0 Å². The SMILES string of the molecule is FC(F)(F)C(F)(F)C(F)(F)C(F)(F)C1=CCC1. The Bertz CT molecular complexity index is 335. The van der Waals surface area contributed by atoms with Gasteiger partial charge >= 0.3 is 23.9 Å². The van der Waals surface area contributed by atoms with Crippen LogP contribution in [0.5, 0.6) is 0 Å². The maximum atomic E-state index is 12.9. The molecule has 0 aliphatic heterocycles. The Morgan fingerprint density at radius 3 is 1.41 bits per heavy atom. The Morgan fingerprint density at radius 1 is 0.765 bits per heavy atom. The minimum atomic E-state index is -6.79. The van der Waals surface area contributed by atoms with E-state index < -0.39 is 35.9 Å². The summed E-state index contributed by atoms with van der Waals surface area (Å²) in [7, 11) is 0. The Hall–Kier alpha value is -0.890. The maximum Gasteiger partial charge on any atom is 0.460 e. The molecule has 0 nitrogen and oxygen atoms in total. The van der Waals surface area contributed by atoms with Crippen molar-refractivity contribution in [2.75, 3.05) is 0 Å². The van der Waals surface area contributed by atoms with Crippen LogP contribution in [0.1, 0.15) is 12.8 Å². The van der Waals surface area contributed by atoms with E-state index >= 15 is 0 Å². The van der Waals surface area contributed by atoms with E-state index in [1.54, 1.807) is 0 Å². The fourth-order valence-electron chi connectivity index (χ4n) is 1.15. The van der Waals surface area contributed by atoms with E-state index in [4.69, 9.17) is 0 Å². The normalized spacial score (nSPS) is 18.8. The van der Waals surface area contributed by atoms with Crippen molar-refractivity contribution in [2.45, 2.75) is 36.8 Å². The van der Waals surface area contributed by atoms with Crippen LogP contribution in [0.15, 0.2) is 11.6 Å². The van der Waals surface area contributed by atoms with Crippen molar-refractivity contribution in [3.05, 3.63) is 11.6 Å². The zero-order valence-electron chi connectivity index (χ0n) is 7.89. The number of alkyl halides is 9. The number of rotatable bonds is 3. The Morgan fingerprint density at radius 2 is 1.18 bits per heavy atom. The van der Waals surface area contributed by atoms with Crippen LogP contribution in [-0.4, -0.2) is 23.9 Å². The molecule has 9 heteroatoms. The third-order valence-corrected chi connectivity index (χ3v) is 2.35. The zero-order valence-corrected chi connectivity index (χ0v) is 7.89. The van der Waals surface area contributed by atoms with E-state index in [0.717, 1.165) is 0 Å². The van der Waals surface area contributed by atoms with Gasteiger partial charge in [0.1, 0.15) is 0 Å². The lowest BCUT2D eigenvalue weighted by Gasteiger charge is -2.36. The topological polar surface area (TPSA) is 0 Å². The maximum absolute atomic E-state index is 12.9. The first-order valence-electron chi connectivity index (χ1n) is 4.25. The first-order chi connectivity index (χ1) is 7.36. The summed E-state index contributed by atoms with van der Waals surface area (Å²) < 4.78 is 111. The Kier molecular flexibility index (Phi) is 2.96. The van der Waals surface area contributed by atoms with E-state index in [2.05, 4.69) is 0 Å². The monoisotopic (exact) mass is 272 g/mol. The zero-order chi connectivity index (χ0) is 13.7. The summed E-state index contributed by atoms with van der Waals surface area (Å²) in [5.41, 5.74) is -1.40. The van der Waals surface area contributed by atoms with Crippen molar-refractivity contribution in [1.82, 2.24) is 0 Å². The van der Waals surface area contributed by atoms with E-state index in [1.165, 1.54) is 0 Å².